The van der Waals surface area contributed by atoms with E-state index in [4.69, 9.17) is 0 Å². The van der Waals surface area contributed by atoms with Gasteiger partial charge in [-0.1, -0.05) is 35.3 Å². The van der Waals surface area contributed by atoms with Gasteiger partial charge in [0.15, 0.2) is 0 Å². The van der Waals surface area contributed by atoms with Crippen molar-refractivity contribution in [3.05, 3.63) is 38.3 Å². The molecule has 20 heavy (non-hydrogen) atoms. The van der Waals surface area contributed by atoms with Crippen LogP contribution >= 0.6 is 15.9 Å². The molecule has 1 aromatic carbocycles. The molecule has 0 radical (unpaired) electrons. The minimum Gasteiger partial charge on any atom is -0.258 e. The van der Waals surface area contributed by atoms with E-state index in [9.17, 15) is 15.4 Å². The Balaban J connectivity index is 2.21. The third-order valence-electron chi connectivity index (χ3n) is 4.30. The highest BCUT2D eigenvalue weighted by atomic mass is 79.9. The molecule has 2 rings (SSSR count). The molecular formula is C15H17BrN2O2. The largest absolute Gasteiger partial charge is 0.270 e. The van der Waals surface area contributed by atoms with Gasteiger partial charge in [-0.3, -0.25) is 10.1 Å². The standard InChI is InChI=1S/C15H17BrN2O2/c1-2-11-5-6-15(8-11,10-17)9-12-3-4-13(18(19)20)7-14(12)16/h3-4,7,11H,2,5-6,8-9H2,1H3. The van der Waals surface area contributed by atoms with Crippen LogP contribution in [0, 0.1) is 32.8 Å². The molecule has 1 fully saturated rings. The Morgan fingerprint density at radius 3 is 2.85 bits per heavy atom. The molecule has 0 spiro atoms. The van der Waals surface area contributed by atoms with E-state index in [0.717, 1.165) is 35.7 Å². The van der Waals surface area contributed by atoms with Gasteiger partial charge in [-0.2, -0.15) is 5.26 Å². The van der Waals surface area contributed by atoms with Gasteiger partial charge in [-0.25, -0.2) is 0 Å². The number of hydrogen-bond donors (Lipinski definition) is 0. The fourth-order valence-corrected chi connectivity index (χ4v) is 3.55. The fraction of sp³-hybridized carbons (Fsp3) is 0.533. The highest BCUT2D eigenvalue weighted by Crippen LogP contribution is 2.45. The second-order valence-electron chi connectivity index (χ2n) is 5.62. The van der Waals surface area contributed by atoms with Crippen LogP contribution in [-0.4, -0.2) is 4.92 Å². The van der Waals surface area contributed by atoms with Crippen molar-refractivity contribution >= 4 is 21.6 Å². The topological polar surface area (TPSA) is 66.9 Å². The first-order valence-corrected chi connectivity index (χ1v) is 7.63. The maximum Gasteiger partial charge on any atom is 0.270 e. The summed E-state index contributed by atoms with van der Waals surface area (Å²) in [6.07, 6.45) is 4.74. The summed E-state index contributed by atoms with van der Waals surface area (Å²) in [7, 11) is 0. The number of hydrogen-bond acceptors (Lipinski definition) is 3. The van der Waals surface area contributed by atoms with E-state index < -0.39 is 4.92 Å². The van der Waals surface area contributed by atoms with Crippen LogP contribution in [0.25, 0.3) is 0 Å². The highest BCUT2D eigenvalue weighted by molar-refractivity contribution is 9.10. The van der Waals surface area contributed by atoms with Gasteiger partial charge < -0.3 is 0 Å². The molecule has 5 heteroatoms. The summed E-state index contributed by atoms with van der Waals surface area (Å²) in [5.41, 5.74) is 0.748. The van der Waals surface area contributed by atoms with Gasteiger partial charge in [0.2, 0.25) is 0 Å². The Hall–Kier alpha value is -1.41. The number of rotatable bonds is 4. The lowest BCUT2D eigenvalue weighted by molar-refractivity contribution is -0.384. The fourth-order valence-electron chi connectivity index (χ4n) is 3.04. The monoisotopic (exact) mass is 336 g/mol. The molecule has 0 saturated heterocycles. The second kappa shape index (κ2) is 5.92. The minimum atomic E-state index is -0.405. The van der Waals surface area contributed by atoms with Crippen LogP contribution in [0.2, 0.25) is 0 Å². The van der Waals surface area contributed by atoms with E-state index in [1.807, 2.05) is 0 Å². The summed E-state index contributed by atoms with van der Waals surface area (Å²) < 4.78 is 0.723. The Morgan fingerprint density at radius 1 is 1.60 bits per heavy atom. The van der Waals surface area contributed by atoms with E-state index in [1.54, 1.807) is 6.07 Å². The molecule has 2 unspecified atom stereocenters. The van der Waals surface area contributed by atoms with Crippen molar-refractivity contribution in [1.29, 1.82) is 5.26 Å². The van der Waals surface area contributed by atoms with Crippen molar-refractivity contribution < 1.29 is 4.92 Å². The number of nitriles is 1. The van der Waals surface area contributed by atoms with Gasteiger partial charge in [0.25, 0.3) is 5.69 Å². The molecule has 0 bridgehead atoms. The van der Waals surface area contributed by atoms with Crippen LogP contribution in [0.4, 0.5) is 5.69 Å². The Labute approximate surface area is 127 Å². The van der Waals surface area contributed by atoms with Gasteiger partial charge >= 0.3 is 0 Å². The molecule has 1 aliphatic rings. The normalized spacial score (nSPS) is 25.4. The Morgan fingerprint density at radius 2 is 2.35 bits per heavy atom. The first-order chi connectivity index (χ1) is 9.49. The van der Waals surface area contributed by atoms with Crippen LogP contribution in [0.3, 0.4) is 0 Å². The van der Waals surface area contributed by atoms with Crippen LogP contribution < -0.4 is 0 Å². The number of halogens is 1. The molecular weight excluding hydrogens is 320 g/mol. The summed E-state index contributed by atoms with van der Waals surface area (Å²) in [6.45, 7) is 2.17. The van der Waals surface area contributed by atoms with Crippen molar-refractivity contribution in [3.63, 3.8) is 0 Å². The van der Waals surface area contributed by atoms with Crippen LogP contribution in [-0.2, 0) is 6.42 Å². The molecule has 4 nitrogen and oxygen atoms in total. The van der Waals surface area contributed by atoms with Crippen LogP contribution in [0.5, 0.6) is 0 Å². The van der Waals surface area contributed by atoms with Gasteiger partial charge in [0.05, 0.1) is 16.4 Å². The van der Waals surface area contributed by atoms with E-state index in [0.29, 0.717) is 12.3 Å². The Kier molecular flexibility index (Phi) is 4.44. The zero-order chi connectivity index (χ0) is 14.8. The number of non-ortho nitro benzene ring substituents is 1. The van der Waals surface area contributed by atoms with Gasteiger partial charge in [-0.05, 0) is 37.2 Å². The summed E-state index contributed by atoms with van der Waals surface area (Å²) in [4.78, 5) is 10.3. The summed E-state index contributed by atoms with van der Waals surface area (Å²) in [5.74, 6) is 0.631. The third kappa shape index (κ3) is 3.01. The maximum absolute atomic E-state index is 10.7. The van der Waals surface area contributed by atoms with Gasteiger partial charge in [0.1, 0.15) is 0 Å². The van der Waals surface area contributed by atoms with Crippen molar-refractivity contribution in [1.82, 2.24) is 0 Å². The van der Waals surface area contributed by atoms with E-state index in [2.05, 4.69) is 28.9 Å². The number of nitrogens with zero attached hydrogens (tertiary/aromatic N) is 2. The first-order valence-electron chi connectivity index (χ1n) is 6.84. The number of benzene rings is 1. The average Bonchev–Trinajstić information content (AvgIpc) is 2.85. The van der Waals surface area contributed by atoms with E-state index in [-0.39, 0.29) is 11.1 Å². The Bertz CT molecular complexity index is 567. The molecule has 0 aliphatic heterocycles. The molecule has 1 aliphatic carbocycles. The van der Waals surface area contributed by atoms with Crippen molar-refractivity contribution in [2.75, 3.05) is 0 Å². The molecule has 0 aromatic heterocycles. The predicted molar refractivity (Wildman–Crippen MR) is 80.2 cm³/mol. The van der Waals surface area contributed by atoms with Crippen molar-refractivity contribution in [2.45, 2.75) is 39.0 Å². The molecule has 1 aromatic rings. The quantitative estimate of drug-likeness (QED) is 0.595. The second-order valence-corrected chi connectivity index (χ2v) is 6.47. The highest BCUT2D eigenvalue weighted by Gasteiger charge is 2.39. The molecule has 1 saturated carbocycles. The summed E-state index contributed by atoms with van der Waals surface area (Å²) in [5, 5.41) is 20.3. The molecule has 0 N–H and O–H groups in total. The molecule has 0 heterocycles. The van der Waals surface area contributed by atoms with E-state index in [1.165, 1.54) is 12.1 Å². The number of nitro benzene ring substituents is 1. The molecule has 106 valence electrons. The first kappa shape index (κ1) is 15.0. The average molecular weight is 337 g/mol. The lowest BCUT2D eigenvalue weighted by Crippen LogP contribution is -2.18. The minimum absolute atomic E-state index is 0.0736. The predicted octanol–water partition coefficient (Wildman–Crippen LogP) is 4.62. The van der Waals surface area contributed by atoms with E-state index >= 15 is 0 Å². The van der Waals surface area contributed by atoms with Crippen LogP contribution in [0.1, 0.15) is 38.2 Å². The van der Waals surface area contributed by atoms with Crippen molar-refractivity contribution in [3.8, 4) is 6.07 Å². The lowest BCUT2D eigenvalue weighted by Gasteiger charge is -2.21. The SMILES string of the molecule is CCC1CCC(C#N)(Cc2ccc([N+](=O)[O-])cc2Br)C1. The molecule has 2 atom stereocenters. The zero-order valence-electron chi connectivity index (χ0n) is 11.4. The zero-order valence-corrected chi connectivity index (χ0v) is 13.0. The maximum atomic E-state index is 10.7. The van der Waals surface area contributed by atoms with Crippen molar-refractivity contribution in [2.24, 2.45) is 11.3 Å². The summed E-state index contributed by atoms with van der Waals surface area (Å²) >= 11 is 3.39. The molecule has 0 amide bonds. The van der Waals surface area contributed by atoms with Gasteiger partial charge in [0, 0.05) is 16.6 Å². The summed E-state index contributed by atoms with van der Waals surface area (Å²) in [6, 6.07) is 7.30. The lowest BCUT2D eigenvalue weighted by atomic mass is 9.80. The van der Waals surface area contributed by atoms with Crippen LogP contribution in [0.15, 0.2) is 22.7 Å². The van der Waals surface area contributed by atoms with Gasteiger partial charge in [-0.15, -0.1) is 0 Å². The third-order valence-corrected chi connectivity index (χ3v) is 5.04. The number of nitro groups is 1. The smallest absolute Gasteiger partial charge is 0.258 e.